The maximum atomic E-state index is 13.4. The lowest BCUT2D eigenvalue weighted by atomic mass is 10.0. The van der Waals surface area contributed by atoms with Crippen LogP contribution in [0, 0.1) is 0 Å². The molecule has 2 aromatic rings. The van der Waals surface area contributed by atoms with E-state index in [4.69, 9.17) is 9.26 Å². The summed E-state index contributed by atoms with van der Waals surface area (Å²) in [5.74, 6) is 0.0764. The molecule has 2 rings (SSSR count). The number of rotatable bonds is 8. The van der Waals surface area contributed by atoms with E-state index in [1.165, 1.54) is 18.2 Å². The largest absolute Gasteiger partial charge is 0.494 e. The third-order valence-electron chi connectivity index (χ3n) is 3.51. The Kier molecular flexibility index (Phi) is 6.65. The van der Waals surface area contributed by atoms with Crippen LogP contribution in [0.3, 0.4) is 0 Å². The fourth-order valence-corrected chi connectivity index (χ4v) is 2.30. The number of halogens is 3. The number of ether oxygens (including phenoxy) is 1. The maximum absolute atomic E-state index is 13.4. The Balaban J connectivity index is 2.26. The van der Waals surface area contributed by atoms with E-state index in [-0.39, 0.29) is 35.1 Å². The summed E-state index contributed by atoms with van der Waals surface area (Å²) >= 11 is 0. The smallest absolute Gasteiger partial charge is 0.417 e. The highest BCUT2D eigenvalue weighted by molar-refractivity contribution is 5.78. The molecule has 0 spiro atoms. The molecule has 5 nitrogen and oxygen atoms in total. The second-order valence-electron chi connectivity index (χ2n) is 5.76. The number of carbonyl (C=O) groups is 1. The third kappa shape index (κ3) is 5.24. The summed E-state index contributed by atoms with van der Waals surface area (Å²) in [5, 5.41) is 6.36. The lowest BCUT2D eigenvalue weighted by Crippen LogP contribution is -2.25. The summed E-state index contributed by atoms with van der Waals surface area (Å²) in [6, 6.07) is 5.06. The van der Waals surface area contributed by atoms with Crippen molar-refractivity contribution in [2.24, 2.45) is 0 Å². The second kappa shape index (κ2) is 8.73. The number of nitrogens with zero attached hydrogens (tertiary/aromatic N) is 1. The Bertz CT molecular complexity index is 742. The molecule has 0 unspecified atom stereocenters. The van der Waals surface area contributed by atoms with Crippen molar-refractivity contribution >= 4 is 5.91 Å². The number of aromatic nitrogens is 1. The lowest BCUT2D eigenvalue weighted by molar-refractivity contribution is -0.137. The van der Waals surface area contributed by atoms with Crippen molar-refractivity contribution in [3.05, 3.63) is 35.6 Å². The molecule has 0 atom stereocenters. The van der Waals surface area contributed by atoms with Gasteiger partial charge in [0.2, 0.25) is 5.91 Å². The van der Waals surface area contributed by atoms with Crippen LogP contribution in [-0.4, -0.2) is 24.2 Å². The van der Waals surface area contributed by atoms with Gasteiger partial charge in [0.25, 0.3) is 0 Å². The van der Waals surface area contributed by atoms with Gasteiger partial charge in [-0.2, -0.15) is 13.2 Å². The molecule has 1 heterocycles. The van der Waals surface area contributed by atoms with E-state index in [0.717, 1.165) is 12.5 Å². The summed E-state index contributed by atoms with van der Waals surface area (Å²) in [4.78, 5) is 11.7. The minimum absolute atomic E-state index is 0.0256. The van der Waals surface area contributed by atoms with E-state index in [1.54, 1.807) is 0 Å². The average molecular weight is 370 g/mol. The number of hydrogen-bond acceptors (Lipinski definition) is 4. The highest BCUT2D eigenvalue weighted by Crippen LogP contribution is 2.39. The van der Waals surface area contributed by atoms with Crippen LogP contribution in [0.4, 0.5) is 13.2 Å². The Morgan fingerprint density at radius 2 is 2.00 bits per heavy atom. The molecule has 0 bridgehead atoms. The molecule has 0 saturated heterocycles. The van der Waals surface area contributed by atoms with Gasteiger partial charge in [0.15, 0.2) is 0 Å². The van der Waals surface area contributed by atoms with Crippen LogP contribution < -0.4 is 10.1 Å². The first-order valence-corrected chi connectivity index (χ1v) is 8.41. The predicted molar refractivity (Wildman–Crippen MR) is 89.7 cm³/mol. The zero-order valence-corrected chi connectivity index (χ0v) is 14.7. The molecular formula is C18H21F3N2O3. The fourth-order valence-electron chi connectivity index (χ4n) is 2.30. The Hall–Kier alpha value is -2.51. The quantitative estimate of drug-likeness (QED) is 0.756. The van der Waals surface area contributed by atoms with E-state index < -0.39 is 11.7 Å². The van der Waals surface area contributed by atoms with Crippen LogP contribution in [0.25, 0.3) is 11.3 Å². The first kappa shape index (κ1) is 19.8. The number of carbonyl (C=O) groups excluding carboxylic acids is 1. The minimum Gasteiger partial charge on any atom is -0.494 e. The van der Waals surface area contributed by atoms with Crippen LogP contribution in [0.1, 0.15) is 38.0 Å². The first-order chi connectivity index (χ1) is 12.3. The van der Waals surface area contributed by atoms with Gasteiger partial charge in [0.1, 0.15) is 17.2 Å². The van der Waals surface area contributed by atoms with Gasteiger partial charge in [-0.15, -0.1) is 0 Å². The van der Waals surface area contributed by atoms with Gasteiger partial charge in [-0.05, 0) is 31.0 Å². The van der Waals surface area contributed by atoms with Crippen LogP contribution in [0.5, 0.6) is 5.75 Å². The van der Waals surface area contributed by atoms with E-state index >= 15 is 0 Å². The number of nitrogens with one attached hydrogen (secondary N) is 1. The monoisotopic (exact) mass is 370 g/mol. The molecule has 1 aromatic heterocycles. The zero-order valence-electron chi connectivity index (χ0n) is 14.7. The highest BCUT2D eigenvalue weighted by Gasteiger charge is 2.35. The molecule has 1 N–H and O–H groups in total. The highest BCUT2D eigenvalue weighted by atomic mass is 19.4. The zero-order chi connectivity index (χ0) is 19.2. The Morgan fingerprint density at radius 1 is 1.23 bits per heavy atom. The lowest BCUT2D eigenvalue weighted by Gasteiger charge is -2.13. The summed E-state index contributed by atoms with van der Waals surface area (Å²) in [5.41, 5.74) is -0.954. The third-order valence-corrected chi connectivity index (χ3v) is 3.51. The topological polar surface area (TPSA) is 64.4 Å². The van der Waals surface area contributed by atoms with Gasteiger partial charge in [-0.3, -0.25) is 4.79 Å². The van der Waals surface area contributed by atoms with Gasteiger partial charge in [-0.1, -0.05) is 19.0 Å². The minimum atomic E-state index is -4.57. The van der Waals surface area contributed by atoms with Crippen molar-refractivity contribution in [1.29, 1.82) is 0 Å². The van der Waals surface area contributed by atoms with E-state index in [0.29, 0.717) is 19.6 Å². The maximum Gasteiger partial charge on any atom is 0.417 e. The van der Waals surface area contributed by atoms with Crippen molar-refractivity contribution in [1.82, 2.24) is 10.5 Å². The van der Waals surface area contributed by atoms with Gasteiger partial charge in [-0.25, -0.2) is 0 Å². The summed E-state index contributed by atoms with van der Waals surface area (Å²) in [6.07, 6.45) is -3.17. The number of hydrogen-bond donors (Lipinski definition) is 1. The molecule has 0 aliphatic carbocycles. The number of benzene rings is 1. The Labute approximate surface area is 149 Å². The van der Waals surface area contributed by atoms with Crippen LogP contribution in [0.2, 0.25) is 0 Å². The van der Waals surface area contributed by atoms with Gasteiger partial charge >= 0.3 is 6.18 Å². The molecule has 8 heteroatoms. The molecule has 0 aliphatic heterocycles. The SMILES string of the molecule is CCCNC(=O)Cc1cc(-c2ccc(OCCC)cc2C(F)(F)F)no1. The molecule has 0 fully saturated rings. The summed E-state index contributed by atoms with van der Waals surface area (Å²) in [7, 11) is 0. The van der Waals surface area contributed by atoms with Crippen molar-refractivity contribution in [2.45, 2.75) is 39.3 Å². The average Bonchev–Trinajstić information content (AvgIpc) is 3.05. The van der Waals surface area contributed by atoms with Crippen molar-refractivity contribution in [2.75, 3.05) is 13.2 Å². The molecular weight excluding hydrogens is 349 g/mol. The van der Waals surface area contributed by atoms with E-state index in [9.17, 15) is 18.0 Å². The number of alkyl halides is 3. The summed E-state index contributed by atoms with van der Waals surface area (Å²) < 4.78 is 50.5. The van der Waals surface area contributed by atoms with Crippen molar-refractivity contribution in [3.8, 4) is 17.0 Å². The van der Waals surface area contributed by atoms with Gasteiger partial charge in [0.05, 0.1) is 18.6 Å². The van der Waals surface area contributed by atoms with Crippen molar-refractivity contribution in [3.63, 3.8) is 0 Å². The molecule has 142 valence electrons. The molecule has 0 aliphatic rings. The number of amides is 1. The molecule has 1 aromatic carbocycles. The molecule has 26 heavy (non-hydrogen) atoms. The normalized spacial score (nSPS) is 11.4. The van der Waals surface area contributed by atoms with Gasteiger partial charge in [0, 0.05) is 18.2 Å². The van der Waals surface area contributed by atoms with Crippen molar-refractivity contribution < 1.29 is 27.2 Å². The van der Waals surface area contributed by atoms with E-state index in [2.05, 4.69) is 10.5 Å². The second-order valence-corrected chi connectivity index (χ2v) is 5.76. The fraction of sp³-hybridized carbons (Fsp3) is 0.444. The first-order valence-electron chi connectivity index (χ1n) is 8.41. The molecule has 1 amide bonds. The predicted octanol–water partition coefficient (Wildman–Crippen LogP) is 4.22. The van der Waals surface area contributed by atoms with Crippen LogP contribution >= 0.6 is 0 Å². The summed E-state index contributed by atoms with van der Waals surface area (Å²) in [6.45, 7) is 4.64. The molecule has 0 radical (unpaired) electrons. The standard InChI is InChI=1S/C18H21F3N2O3/c1-3-7-22-17(24)11-13-10-16(23-26-13)14-6-5-12(25-8-4-2)9-15(14)18(19,20)21/h5-6,9-10H,3-4,7-8,11H2,1-2H3,(H,22,24). The molecule has 0 saturated carbocycles. The van der Waals surface area contributed by atoms with Crippen LogP contribution in [0.15, 0.2) is 28.8 Å². The van der Waals surface area contributed by atoms with E-state index in [1.807, 2.05) is 13.8 Å². The Morgan fingerprint density at radius 3 is 2.65 bits per heavy atom. The van der Waals surface area contributed by atoms with Crippen LogP contribution in [-0.2, 0) is 17.4 Å². The van der Waals surface area contributed by atoms with Gasteiger partial charge < -0.3 is 14.6 Å².